The van der Waals surface area contributed by atoms with Crippen molar-refractivity contribution in [2.45, 2.75) is 89.7 Å². The molecule has 0 amide bonds. The number of rotatable bonds is 10. The van der Waals surface area contributed by atoms with Crippen LogP contribution in [0.1, 0.15) is 70.6 Å². The third-order valence-corrected chi connectivity index (χ3v) is 12.8. The number of ketones is 2. The van der Waals surface area contributed by atoms with Gasteiger partial charge in [-0.15, -0.1) is 0 Å². The van der Waals surface area contributed by atoms with Crippen LogP contribution in [0.5, 0.6) is 0 Å². The number of hydrogen-bond acceptors (Lipinski definition) is 10. The lowest BCUT2D eigenvalue weighted by atomic mass is 9.45. The Labute approximate surface area is 295 Å². The third-order valence-electron chi connectivity index (χ3n) is 12.6. The number of ether oxygens (including phenoxy) is 2. The largest absolute Gasteiger partial charge is 0.711 e. The molecule has 0 unspecified atom stereocenters. The highest BCUT2D eigenvalue weighted by Crippen LogP contribution is 2.70. The van der Waals surface area contributed by atoms with E-state index in [0.29, 0.717) is 40.8 Å². The Kier molecular flexibility index (Phi) is 9.35. The zero-order valence-corrected chi connectivity index (χ0v) is 29.7. The summed E-state index contributed by atoms with van der Waals surface area (Å²) in [5.41, 5.74) is -4.25. The SMILES string of the molecule is C[C@@H]1C[C@H]2[C@@H]3CC=C4CC(=O)C=C[C@]4(C)[C@@]3(F)[C@@H](OC(=O)CCC(=O)OCc3c(CCS)n(C)c4c3ccc[n+]4[O-])C[C@]2(C)[C@@]1(O)C(=O)CO. The van der Waals surface area contributed by atoms with Gasteiger partial charge < -0.3 is 24.9 Å². The Morgan fingerprint density at radius 3 is 2.62 bits per heavy atom. The van der Waals surface area contributed by atoms with Crippen LogP contribution in [0.15, 0.2) is 42.1 Å². The Hall–Kier alpha value is -3.55. The molecule has 11 nitrogen and oxygen atoms in total. The van der Waals surface area contributed by atoms with Gasteiger partial charge in [-0.05, 0) is 62.0 Å². The number of aryl methyl sites for hydroxylation is 1. The Morgan fingerprint density at radius 2 is 1.92 bits per heavy atom. The number of thiol groups is 1. The van der Waals surface area contributed by atoms with E-state index < -0.39 is 76.7 Å². The van der Waals surface area contributed by atoms with Crippen molar-refractivity contribution in [2.24, 2.45) is 35.6 Å². The monoisotopic (exact) mass is 712 g/mol. The van der Waals surface area contributed by atoms with Crippen LogP contribution in [0.4, 0.5) is 4.39 Å². The average molecular weight is 713 g/mol. The first-order chi connectivity index (χ1) is 23.6. The number of aromatic nitrogens is 2. The van der Waals surface area contributed by atoms with Crippen LogP contribution in [0.2, 0.25) is 0 Å². The van der Waals surface area contributed by atoms with Gasteiger partial charge in [0, 0.05) is 35.2 Å². The summed E-state index contributed by atoms with van der Waals surface area (Å²) < 4.78 is 32.3. The fourth-order valence-electron chi connectivity index (χ4n) is 10.0. The molecule has 270 valence electrons. The molecule has 4 aliphatic rings. The molecule has 2 fully saturated rings. The number of fused-ring (bicyclic) bond motifs is 6. The molecule has 8 atom stereocenters. The van der Waals surface area contributed by atoms with Crippen molar-refractivity contribution < 1.29 is 48.0 Å². The first-order valence-electron chi connectivity index (χ1n) is 17.2. The number of hydrogen-bond donors (Lipinski definition) is 3. The van der Waals surface area contributed by atoms with E-state index in [1.807, 2.05) is 6.08 Å². The molecular formula is C37H45FN2O9S. The first kappa shape index (κ1) is 36.2. The summed E-state index contributed by atoms with van der Waals surface area (Å²) in [6, 6.07) is 3.38. The molecule has 0 aliphatic heterocycles. The molecule has 0 aromatic carbocycles. The molecule has 2 aromatic rings. The van der Waals surface area contributed by atoms with Crippen molar-refractivity contribution in [3.8, 4) is 0 Å². The van der Waals surface area contributed by atoms with Gasteiger partial charge in [-0.1, -0.05) is 31.6 Å². The lowest BCUT2D eigenvalue weighted by Crippen LogP contribution is -2.69. The maximum Gasteiger partial charge on any atom is 0.306 e. The summed E-state index contributed by atoms with van der Waals surface area (Å²) >= 11 is 4.33. The quantitative estimate of drug-likeness (QED) is 0.110. The van der Waals surface area contributed by atoms with Gasteiger partial charge in [0.1, 0.15) is 30.6 Å². The van der Waals surface area contributed by atoms with Crippen LogP contribution in [0, 0.1) is 33.8 Å². The summed E-state index contributed by atoms with van der Waals surface area (Å²) in [4.78, 5) is 52.0. The number of aliphatic hydroxyl groups excluding tert-OH is 1. The summed E-state index contributed by atoms with van der Waals surface area (Å²) in [6.45, 7) is 4.09. The zero-order valence-electron chi connectivity index (χ0n) is 28.8. The first-order valence-corrected chi connectivity index (χ1v) is 17.8. The van der Waals surface area contributed by atoms with Crippen LogP contribution in [-0.4, -0.2) is 68.0 Å². The van der Waals surface area contributed by atoms with Gasteiger partial charge >= 0.3 is 11.9 Å². The molecule has 4 aliphatic carbocycles. The van der Waals surface area contributed by atoms with E-state index in [4.69, 9.17) is 9.47 Å². The second kappa shape index (κ2) is 12.9. The standard InChI is InChI=1S/C37H45FN2O9S/c1-21-16-27-26-8-7-22-17-23(42)11-13-34(22,2)36(26,38)30(18-35(27,3)37(21,46)29(43)19-41)49-32(45)10-9-31(44)48-20-25-24-6-5-14-40(47)33(24)39(4)28(25)12-15-50/h5-7,11,13-14,21,26-27,30,41,46,50H,8-10,12,15-20H2,1-4H3/t21-,26+,27+,30+,34+,35+,36+,37+/m1/s1. The van der Waals surface area contributed by atoms with Crippen LogP contribution >= 0.6 is 12.6 Å². The molecule has 0 spiro atoms. The van der Waals surface area contributed by atoms with Crippen LogP contribution in [-0.2, 0) is 48.7 Å². The van der Waals surface area contributed by atoms with Crippen molar-refractivity contribution >= 4 is 47.2 Å². The van der Waals surface area contributed by atoms with Gasteiger partial charge in [0.2, 0.25) is 0 Å². The van der Waals surface area contributed by atoms with E-state index in [2.05, 4.69) is 12.6 Å². The number of aliphatic hydroxyl groups is 2. The highest BCUT2D eigenvalue weighted by Gasteiger charge is 2.76. The normalized spacial score (nSPS) is 34.5. The second-order valence-electron chi connectivity index (χ2n) is 14.9. The average Bonchev–Trinajstić information content (AvgIpc) is 3.46. The van der Waals surface area contributed by atoms with Gasteiger partial charge in [-0.3, -0.25) is 19.2 Å². The number of nitrogens with zero attached hydrogens (tertiary/aromatic N) is 2. The number of allylic oxidation sites excluding steroid dienone is 4. The summed E-state index contributed by atoms with van der Waals surface area (Å²) in [5, 5.41) is 34.9. The van der Waals surface area contributed by atoms with E-state index in [0.717, 1.165) is 10.4 Å². The van der Waals surface area contributed by atoms with Crippen LogP contribution < -0.4 is 4.73 Å². The van der Waals surface area contributed by atoms with Crippen LogP contribution in [0.3, 0.4) is 0 Å². The fraction of sp³-hybridized carbons (Fsp3) is 0.595. The highest BCUT2D eigenvalue weighted by molar-refractivity contribution is 7.80. The van der Waals surface area contributed by atoms with E-state index in [-0.39, 0.29) is 38.1 Å². The van der Waals surface area contributed by atoms with Crippen molar-refractivity contribution in [3.05, 3.63) is 58.6 Å². The third kappa shape index (κ3) is 5.17. The van der Waals surface area contributed by atoms with Gasteiger partial charge in [0.15, 0.2) is 17.2 Å². The van der Waals surface area contributed by atoms with E-state index >= 15 is 4.39 Å². The second-order valence-corrected chi connectivity index (χ2v) is 15.3. The maximum absolute atomic E-state index is 18.3. The molecule has 2 saturated carbocycles. The minimum atomic E-state index is -2.20. The molecule has 2 aromatic heterocycles. The molecule has 13 heteroatoms. The molecule has 0 radical (unpaired) electrons. The van der Waals surface area contributed by atoms with Crippen molar-refractivity contribution in [1.29, 1.82) is 0 Å². The molecule has 2 heterocycles. The zero-order chi connectivity index (χ0) is 36.4. The number of alkyl halides is 1. The van der Waals surface area contributed by atoms with Crippen molar-refractivity contribution in [3.63, 3.8) is 0 Å². The minimum Gasteiger partial charge on any atom is -0.711 e. The van der Waals surface area contributed by atoms with E-state index in [1.54, 1.807) is 50.6 Å². The van der Waals surface area contributed by atoms with Gasteiger partial charge in [-0.25, -0.2) is 13.7 Å². The van der Waals surface area contributed by atoms with Gasteiger partial charge in [0.05, 0.1) is 31.5 Å². The fourth-order valence-corrected chi connectivity index (χ4v) is 10.2. The topological polar surface area (TPSA) is 159 Å². The Bertz CT molecular complexity index is 1820. The highest BCUT2D eigenvalue weighted by atomic mass is 32.1. The lowest BCUT2D eigenvalue weighted by molar-refractivity contribution is -0.580. The van der Waals surface area contributed by atoms with Crippen LogP contribution in [0.25, 0.3) is 11.0 Å². The molecule has 0 bridgehead atoms. The summed E-state index contributed by atoms with van der Waals surface area (Å²) in [7, 11) is 1.76. The van der Waals surface area contributed by atoms with E-state index in [1.165, 1.54) is 12.3 Å². The lowest BCUT2D eigenvalue weighted by Gasteiger charge is -2.62. The number of pyridine rings is 1. The molecule has 0 saturated heterocycles. The molecule has 50 heavy (non-hydrogen) atoms. The Morgan fingerprint density at radius 1 is 1.20 bits per heavy atom. The number of carbonyl (C=O) groups excluding carboxylic acids is 4. The predicted octanol–water partition coefficient (Wildman–Crippen LogP) is 3.57. The molecule has 6 rings (SSSR count). The maximum atomic E-state index is 18.3. The molecule has 2 N–H and O–H groups in total. The van der Waals surface area contributed by atoms with Gasteiger partial charge in [-0.2, -0.15) is 12.6 Å². The van der Waals surface area contributed by atoms with Gasteiger partial charge in [0.25, 0.3) is 5.65 Å². The smallest absolute Gasteiger partial charge is 0.306 e. The Balaban J connectivity index is 1.23. The predicted molar refractivity (Wildman–Crippen MR) is 182 cm³/mol. The number of esters is 2. The van der Waals surface area contributed by atoms with Crippen molar-refractivity contribution in [1.82, 2.24) is 4.57 Å². The number of Topliss-reactive ketones (excluding diaryl/α,β-unsaturated/α-hetero) is 1. The summed E-state index contributed by atoms with van der Waals surface area (Å²) in [5.74, 6) is -3.83. The number of carbonyl (C=O) groups is 4. The van der Waals surface area contributed by atoms with E-state index in [9.17, 15) is 34.6 Å². The summed E-state index contributed by atoms with van der Waals surface area (Å²) in [6.07, 6.45) is 4.85. The number of halogens is 1. The van der Waals surface area contributed by atoms with Crippen molar-refractivity contribution in [2.75, 3.05) is 12.4 Å². The minimum absolute atomic E-state index is 0.0321. The molecular weight excluding hydrogens is 667 g/mol.